The highest BCUT2D eigenvalue weighted by molar-refractivity contribution is 5.96. The number of aromatic amines is 1. The van der Waals surface area contributed by atoms with E-state index < -0.39 is 0 Å². The molecule has 4 heterocycles. The molecule has 2 N–H and O–H groups in total. The van der Waals surface area contributed by atoms with Gasteiger partial charge in [-0.25, -0.2) is 0 Å². The van der Waals surface area contributed by atoms with Crippen molar-refractivity contribution in [3.63, 3.8) is 0 Å². The van der Waals surface area contributed by atoms with Crippen LogP contribution in [0.3, 0.4) is 0 Å². The van der Waals surface area contributed by atoms with Gasteiger partial charge in [-0.1, -0.05) is 18.2 Å². The molecule has 5 rings (SSSR count). The molecule has 29 heavy (non-hydrogen) atoms. The lowest BCUT2D eigenvalue weighted by molar-refractivity contribution is 0.0907. The Morgan fingerprint density at radius 1 is 1.34 bits per heavy atom. The summed E-state index contributed by atoms with van der Waals surface area (Å²) in [5.41, 5.74) is 1.01. The molecule has 1 saturated heterocycles. The van der Waals surface area contributed by atoms with Crippen LogP contribution >= 0.6 is 0 Å². The van der Waals surface area contributed by atoms with Gasteiger partial charge < -0.3 is 14.6 Å². The predicted octanol–water partition coefficient (Wildman–Crippen LogP) is 1.80. The van der Waals surface area contributed by atoms with Crippen LogP contribution < -0.4 is 15.8 Å². The molecule has 9 heteroatoms. The lowest BCUT2D eigenvalue weighted by Crippen LogP contribution is -2.48. The summed E-state index contributed by atoms with van der Waals surface area (Å²) in [6, 6.07) is 9.21. The highest BCUT2D eigenvalue weighted by atomic mass is 16.3. The zero-order valence-corrected chi connectivity index (χ0v) is 15.9. The number of nitrogens with one attached hydrogen (secondary N) is 2. The van der Waals surface area contributed by atoms with Crippen molar-refractivity contribution in [2.45, 2.75) is 18.9 Å². The van der Waals surface area contributed by atoms with Crippen molar-refractivity contribution in [1.82, 2.24) is 25.1 Å². The summed E-state index contributed by atoms with van der Waals surface area (Å²) in [6.45, 7) is 1.31. The fraction of sp³-hybridized carbons (Fsp3) is 0.300. The maximum Gasteiger partial charge on any atom is 0.287 e. The first-order valence-corrected chi connectivity index (χ1v) is 9.55. The molecule has 3 aromatic heterocycles. The van der Waals surface area contributed by atoms with Crippen molar-refractivity contribution in [3.8, 4) is 0 Å². The largest absolute Gasteiger partial charge is 0.451 e. The van der Waals surface area contributed by atoms with Crippen LogP contribution in [-0.2, 0) is 7.05 Å². The molecule has 1 unspecified atom stereocenters. The van der Waals surface area contributed by atoms with Crippen LogP contribution in [0.15, 0.2) is 45.7 Å². The fourth-order valence-corrected chi connectivity index (χ4v) is 3.81. The monoisotopic (exact) mass is 392 g/mol. The number of rotatable bonds is 3. The zero-order valence-electron chi connectivity index (χ0n) is 15.9. The zero-order chi connectivity index (χ0) is 20.0. The predicted molar refractivity (Wildman–Crippen MR) is 108 cm³/mol. The number of benzene rings is 1. The van der Waals surface area contributed by atoms with Crippen molar-refractivity contribution < 1.29 is 9.21 Å². The number of amides is 1. The minimum Gasteiger partial charge on any atom is -0.451 e. The third-order valence-electron chi connectivity index (χ3n) is 5.29. The molecule has 0 bridgehead atoms. The van der Waals surface area contributed by atoms with Crippen LogP contribution in [0, 0.1) is 0 Å². The molecule has 0 radical (unpaired) electrons. The molecule has 1 amide bonds. The number of fused-ring (bicyclic) bond motifs is 2. The first-order chi connectivity index (χ1) is 14.1. The molecule has 1 atom stereocenters. The average molecular weight is 392 g/mol. The number of aryl methyl sites for hydroxylation is 1. The number of carbonyl (C=O) groups excluding carboxylic acids is 1. The molecule has 0 spiro atoms. The smallest absolute Gasteiger partial charge is 0.287 e. The molecule has 9 nitrogen and oxygen atoms in total. The third-order valence-corrected chi connectivity index (χ3v) is 5.29. The maximum atomic E-state index is 12.7. The summed E-state index contributed by atoms with van der Waals surface area (Å²) in [4.78, 5) is 34.4. The van der Waals surface area contributed by atoms with Crippen LogP contribution in [0.4, 0.5) is 5.95 Å². The molecule has 148 valence electrons. The number of H-pyrrole nitrogens is 1. The van der Waals surface area contributed by atoms with Crippen LogP contribution in [0.2, 0.25) is 0 Å². The number of aromatic nitrogens is 4. The highest BCUT2D eigenvalue weighted by Gasteiger charge is 2.25. The summed E-state index contributed by atoms with van der Waals surface area (Å²) < 4.78 is 7.24. The second-order valence-corrected chi connectivity index (χ2v) is 7.30. The van der Waals surface area contributed by atoms with E-state index in [1.807, 2.05) is 29.2 Å². The lowest BCUT2D eigenvalue weighted by atomic mass is 10.1. The molecular formula is C20H20N6O3. The summed E-state index contributed by atoms with van der Waals surface area (Å²) >= 11 is 0. The molecule has 1 aliphatic heterocycles. The molecule has 1 aromatic carbocycles. The second-order valence-electron chi connectivity index (χ2n) is 7.30. The Kier molecular flexibility index (Phi) is 4.08. The van der Waals surface area contributed by atoms with E-state index in [0.717, 1.165) is 24.8 Å². The maximum absolute atomic E-state index is 12.7. The van der Waals surface area contributed by atoms with Crippen molar-refractivity contribution in [1.29, 1.82) is 0 Å². The molecule has 4 aromatic rings. The number of para-hydroxylation sites is 1. The van der Waals surface area contributed by atoms with Crippen molar-refractivity contribution in [2.24, 2.45) is 7.05 Å². The Morgan fingerprint density at radius 2 is 2.21 bits per heavy atom. The number of nitrogens with zero attached hydrogens (tertiary/aromatic N) is 4. The molecular weight excluding hydrogens is 372 g/mol. The van der Waals surface area contributed by atoms with Gasteiger partial charge in [0, 0.05) is 31.6 Å². The quantitative estimate of drug-likeness (QED) is 0.550. The van der Waals surface area contributed by atoms with Gasteiger partial charge in [0.05, 0.1) is 6.20 Å². The Balaban J connectivity index is 1.34. The Bertz CT molecular complexity index is 1240. The standard InChI is InChI=1S/C20H20N6O3/c1-25-17-14(10-21-25)18(27)24-20(23-17)26-8-4-6-13(11-26)22-19(28)16-9-12-5-2-3-7-15(12)29-16/h2-3,5,7,9-10,13H,4,6,8,11H2,1H3,(H,22,28)(H,23,24,27). The Labute approximate surface area is 165 Å². The average Bonchev–Trinajstić information content (AvgIpc) is 3.32. The minimum atomic E-state index is -0.239. The van der Waals surface area contributed by atoms with E-state index in [1.54, 1.807) is 17.8 Å². The van der Waals surface area contributed by atoms with Gasteiger partial charge in [0.2, 0.25) is 5.95 Å². The number of hydrogen-bond donors (Lipinski definition) is 2. The van der Waals surface area contributed by atoms with Crippen LogP contribution in [0.1, 0.15) is 23.4 Å². The number of carbonyl (C=O) groups is 1. The van der Waals surface area contributed by atoms with Crippen LogP contribution in [0.5, 0.6) is 0 Å². The number of piperidine rings is 1. The molecule has 1 fully saturated rings. The van der Waals surface area contributed by atoms with Crippen molar-refractivity contribution in [3.05, 3.63) is 52.6 Å². The summed E-state index contributed by atoms with van der Waals surface area (Å²) in [6.07, 6.45) is 3.23. The van der Waals surface area contributed by atoms with Gasteiger partial charge in [-0.15, -0.1) is 0 Å². The third kappa shape index (κ3) is 3.14. The van der Waals surface area contributed by atoms with Gasteiger partial charge in [-0.05, 0) is 25.0 Å². The minimum absolute atomic E-state index is 0.0722. The van der Waals surface area contributed by atoms with Crippen molar-refractivity contribution >= 4 is 33.9 Å². The van der Waals surface area contributed by atoms with Gasteiger partial charge in [-0.2, -0.15) is 10.1 Å². The topological polar surface area (TPSA) is 109 Å². The first-order valence-electron chi connectivity index (χ1n) is 9.55. The van der Waals surface area contributed by atoms with E-state index in [1.165, 1.54) is 6.20 Å². The van der Waals surface area contributed by atoms with Crippen LogP contribution in [0.25, 0.3) is 22.0 Å². The first kappa shape index (κ1) is 17.5. The van der Waals surface area contributed by atoms with E-state index in [9.17, 15) is 9.59 Å². The van der Waals surface area contributed by atoms with E-state index >= 15 is 0 Å². The number of hydrogen-bond acceptors (Lipinski definition) is 6. The van der Waals surface area contributed by atoms with Gasteiger partial charge in [-0.3, -0.25) is 19.3 Å². The van der Waals surface area contributed by atoms with E-state index in [-0.39, 0.29) is 17.5 Å². The van der Waals surface area contributed by atoms with E-state index in [0.29, 0.717) is 34.9 Å². The molecule has 0 saturated carbocycles. The second kappa shape index (κ2) is 6.77. The summed E-state index contributed by atoms with van der Waals surface area (Å²) in [7, 11) is 1.76. The summed E-state index contributed by atoms with van der Waals surface area (Å²) in [5, 5.41) is 8.50. The Hall–Kier alpha value is -3.62. The fourth-order valence-electron chi connectivity index (χ4n) is 3.81. The SMILES string of the molecule is Cn1ncc2c(=O)[nH]c(N3CCCC(NC(=O)c4cc5ccccc5o4)C3)nc21. The van der Waals surface area contributed by atoms with Gasteiger partial charge >= 0.3 is 0 Å². The number of anilines is 1. The molecule has 0 aliphatic carbocycles. The normalized spacial score (nSPS) is 17.1. The number of furan rings is 1. The van der Waals surface area contributed by atoms with Gasteiger partial charge in [0.1, 0.15) is 11.0 Å². The van der Waals surface area contributed by atoms with Gasteiger partial charge in [0.25, 0.3) is 11.5 Å². The van der Waals surface area contributed by atoms with Crippen molar-refractivity contribution in [2.75, 3.05) is 18.0 Å². The molecule has 1 aliphatic rings. The van der Waals surface area contributed by atoms with E-state index in [2.05, 4.69) is 20.4 Å². The van der Waals surface area contributed by atoms with Gasteiger partial charge in [0.15, 0.2) is 11.4 Å². The Morgan fingerprint density at radius 3 is 3.07 bits per heavy atom. The summed E-state index contributed by atoms with van der Waals surface area (Å²) in [5.74, 6) is 0.552. The highest BCUT2D eigenvalue weighted by Crippen LogP contribution is 2.20. The lowest BCUT2D eigenvalue weighted by Gasteiger charge is -2.33. The van der Waals surface area contributed by atoms with Crippen LogP contribution in [-0.4, -0.2) is 44.8 Å². The van der Waals surface area contributed by atoms with E-state index in [4.69, 9.17) is 4.42 Å².